The summed E-state index contributed by atoms with van der Waals surface area (Å²) in [4.78, 5) is 1.43. The van der Waals surface area contributed by atoms with Gasteiger partial charge in [0.1, 0.15) is 5.82 Å². The third-order valence-corrected chi connectivity index (χ3v) is 3.17. The summed E-state index contributed by atoms with van der Waals surface area (Å²) in [5, 5.41) is 12.8. The number of nitrogens with zero attached hydrogens (tertiary/aromatic N) is 4. The van der Waals surface area contributed by atoms with Crippen LogP contribution >= 0.6 is 11.6 Å². The van der Waals surface area contributed by atoms with E-state index in [4.69, 9.17) is 11.6 Å². The van der Waals surface area contributed by atoms with Crippen molar-refractivity contribution in [2.24, 2.45) is 0 Å². The molecule has 3 rings (SSSR count). The summed E-state index contributed by atoms with van der Waals surface area (Å²) in [5.74, 6) is 0.0570. The minimum atomic E-state index is -0.329. The van der Waals surface area contributed by atoms with Crippen LogP contribution in [-0.2, 0) is 6.54 Å². The highest BCUT2D eigenvalue weighted by Gasteiger charge is 2.08. The number of tetrazole rings is 1. The number of hydrogen-bond acceptors (Lipinski definition) is 3. The molecule has 100 valence electrons. The molecule has 0 fully saturated rings. The Hall–Kier alpha value is -2.27. The number of rotatable bonds is 3. The van der Waals surface area contributed by atoms with E-state index in [1.165, 1.54) is 16.9 Å². The van der Waals surface area contributed by atoms with E-state index in [1.807, 2.05) is 18.2 Å². The Morgan fingerprint density at radius 2 is 1.95 bits per heavy atom. The van der Waals surface area contributed by atoms with Gasteiger partial charge in [-0.2, -0.15) is 4.80 Å². The zero-order valence-electron chi connectivity index (χ0n) is 10.4. The van der Waals surface area contributed by atoms with Gasteiger partial charge in [0, 0.05) is 10.6 Å². The van der Waals surface area contributed by atoms with Gasteiger partial charge >= 0.3 is 0 Å². The molecule has 1 aromatic heterocycles. The summed E-state index contributed by atoms with van der Waals surface area (Å²) in [6.45, 7) is 0.419. The van der Waals surface area contributed by atoms with Crippen molar-refractivity contribution >= 4 is 11.6 Å². The molecule has 0 saturated heterocycles. The van der Waals surface area contributed by atoms with Gasteiger partial charge in [0.25, 0.3) is 0 Å². The molecule has 2 aromatic carbocycles. The average molecular weight is 289 g/mol. The van der Waals surface area contributed by atoms with Crippen LogP contribution in [-0.4, -0.2) is 20.2 Å². The van der Waals surface area contributed by atoms with Crippen molar-refractivity contribution in [3.63, 3.8) is 0 Å². The average Bonchev–Trinajstić information content (AvgIpc) is 2.90. The standard InChI is InChI=1S/C14H10ClFN4/c15-13-7-2-1-4-11(13)9-20-18-14(17-19-20)10-5-3-6-12(16)8-10/h1-8H,9H2. The second-order valence-corrected chi connectivity index (χ2v) is 4.65. The topological polar surface area (TPSA) is 43.6 Å². The summed E-state index contributed by atoms with van der Waals surface area (Å²) >= 11 is 6.08. The molecule has 20 heavy (non-hydrogen) atoms. The predicted octanol–water partition coefficient (Wildman–Crippen LogP) is 3.18. The lowest BCUT2D eigenvalue weighted by Crippen LogP contribution is -2.04. The SMILES string of the molecule is Fc1cccc(-c2nnn(Cc3ccccc3Cl)n2)c1. The number of aromatic nitrogens is 4. The summed E-state index contributed by atoms with van der Waals surface area (Å²) in [6, 6.07) is 13.5. The van der Waals surface area contributed by atoms with Gasteiger partial charge in [-0.05, 0) is 29.0 Å². The minimum Gasteiger partial charge on any atom is -0.207 e. The highest BCUT2D eigenvalue weighted by molar-refractivity contribution is 6.31. The van der Waals surface area contributed by atoms with Crippen LogP contribution in [0.5, 0.6) is 0 Å². The molecular weight excluding hydrogens is 279 g/mol. The molecule has 0 aliphatic carbocycles. The maximum absolute atomic E-state index is 13.2. The van der Waals surface area contributed by atoms with Crippen LogP contribution in [0, 0.1) is 5.82 Å². The van der Waals surface area contributed by atoms with E-state index in [2.05, 4.69) is 15.4 Å². The fraction of sp³-hybridized carbons (Fsp3) is 0.0714. The normalized spacial score (nSPS) is 10.7. The summed E-state index contributed by atoms with van der Waals surface area (Å²) in [6.07, 6.45) is 0. The number of benzene rings is 2. The molecule has 0 aliphatic heterocycles. The minimum absolute atomic E-state index is 0.329. The molecule has 0 aliphatic rings. The van der Waals surface area contributed by atoms with Crippen LogP contribution in [0.15, 0.2) is 48.5 Å². The second kappa shape index (κ2) is 5.38. The molecule has 1 heterocycles. The van der Waals surface area contributed by atoms with Crippen molar-refractivity contribution < 1.29 is 4.39 Å². The van der Waals surface area contributed by atoms with E-state index in [1.54, 1.807) is 18.2 Å². The van der Waals surface area contributed by atoms with E-state index >= 15 is 0 Å². The zero-order chi connectivity index (χ0) is 13.9. The number of halogens is 2. The first kappa shape index (κ1) is 12.7. The maximum atomic E-state index is 13.2. The highest BCUT2D eigenvalue weighted by Crippen LogP contribution is 2.17. The quantitative estimate of drug-likeness (QED) is 0.743. The van der Waals surface area contributed by atoms with E-state index in [-0.39, 0.29) is 5.82 Å². The van der Waals surface area contributed by atoms with E-state index < -0.39 is 0 Å². The molecule has 0 saturated carbocycles. The first-order valence-electron chi connectivity index (χ1n) is 5.99. The van der Waals surface area contributed by atoms with E-state index in [0.717, 1.165) is 5.56 Å². The zero-order valence-corrected chi connectivity index (χ0v) is 11.1. The van der Waals surface area contributed by atoms with Crippen LogP contribution in [0.1, 0.15) is 5.56 Å². The van der Waals surface area contributed by atoms with Crippen molar-refractivity contribution in [2.75, 3.05) is 0 Å². The molecule has 4 nitrogen and oxygen atoms in total. The lowest BCUT2D eigenvalue weighted by atomic mass is 10.2. The molecule has 0 N–H and O–H groups in total. The molecule has 0 radical (unpaired) electrons. The van der Waals surface area contributed by atoms with Gasteiger partial charge in [0.2, 0.25) is 5.82 Å². The van der Waals surface area contributed by atoms with Crippen molar-refractivity contribution in [3.8, 4) is 11.4 Å². The van der Waals surface area contributed by atoms with E-state index in [0.29, 0.717) is 23.0 Å². The number of hydrogen-bond donors (Lipinski definition) is 0. The third kappa shape index (κ3) is 2.67. The highest BCUT2D eigenvalue weighted by atomic mass is 35.5. The first-order valence-corrected chi connectivity index (χ1v) is 6.37. The van der Waals surface area contributed by atoms with Crippen LogP contribution < -0.4 is 0 Å². The molecule has 0 spiro atoms. The predicted molar refractivity (Wildman–Crippen MR) is 73.8 cm³/mol. The Labute approximate surface area is 119 Å². The Morgan fingerprint density at radius 3 is 2.75 bits per heavy atom. The van der Waals surface area contributed by atoms with Gasteiger partial charge in [-0.15, -0.1) is 10.2 Å². The van der Waals surface area contributed by atoms with Crippen molar-refractivity contribution in [1.29, 1.82) is 0 Å². The van der Waals surface area contributed by atoms with Gasteiger partial charge in [0.05, 0.1) is 6.54 Å². The lowest BCUT2D eigenvalue weighted by molar-refractivity contribution is 0.573. The van der Waals surface area contributed by atoms with Crippen LogP contribution in [0.2, 0.25) is 5.02 Å². The van der Waals surface area contributed by atoms with Gasteiger partial charge in [-0.25, -0.2) is 4.39 Å². The van der Waals surface area contributed by atoms with Crippen molar-refractivity contribution in [3.05, 3.63) is 64.9 Å². The fourth-order valence-corrected chi connectivity index (χ4v) is 2.03. The Balaban J connectivity index is 1.86. The smallest absolute Gasteiger partial charge is 0.205 e. The molecule has 0 amide bonds. The monoisotopic (exact) mass is 288 g/mol. The maximum Gasteiger partial charge on any atom is 0.205 e. The van der Waals surface area contributed by atoms with Crippen molar-refractivity contribution in [2.45, 2.75) is 6.54 Å². The molecule has 0 unspecified atom stereocenters. The molecule has 0 atom stereocenters. The molecular formula is C14H10ClFN4. The van der Waals surface area contributed by atoms with Gasteiger partial charge in [-0.3, -0.25) is 0 Å². The summed E-state index contributed by atoms with van der Waals surface area (Å²) in [5.41, 5.74) is 1.49. The van der Waals surface area contributed by atoms with Crippen molar-refractivity contribution in [1.82, 2.24) is 20.2 Å². The third-order valence-electron chi connectivity index (χ3n) is 2.81. The van der Waals surface area contributed by atoms with Crippen LogP contribution in [0.4, 0.5) is 4.39 Å². The fourth-order valence-electron chi connectivity index (χ4n) is 1.83. The van der Waals surface area contributed by atoms with Gasteiger partial charge in [-0.1, -0.05) is 41.9 Å². The molecule has 0 bridgehead atoms. The Morgan fingerprint density at radius 1 is 1.10 bits per heavy atom. The van der Waals surface area contributed by atoms with Crippen LogP contribution in [0.25, 0.3) is 11.4 Å². The second-order valence-electron chi connectivity index (χ2n) is 4.25. The van der Waals surface area contributed by atoms with Crippen LogP contribution in [0.3, 0.4) is 0 Å². The molecule has 3 aromatic rings. The van der Waals surface area contributed by atoms with E-state index in [9.17, 15) is 4.39 Å². The van der Waals surface area contributed by atoms with Gasteiger partial charge < -0.3 is 0 Å². The molecule has 6 heteroatoms. The summed E-state index contributed by atoms with van der Waals surface area (Å²) in [7, 11) is 0. The van der Waals surface area contributed by atoms with Gasteiger partial charge in [0.15, 0.2) is 0 Å². The first-order chi connectivity index (χ1) is 9.72. The Kier molecular flexibility index (Phi) is 3.43. The largest absolute Gasteiger partial charge is 0.207 e. The summed E-state index contributed by atoms with van der Waals surface area (Å²) < 4.78 is 13.2. The Bertz CT molecular complexity index is 741. The lowest BCUT2D eigenvalue weighted by Gasteiger charge is -2.01.